The second kappa shape index (κ2) is 7.92. The SMILES string of the molecule is NC(=O)C1CCN(C(=O)C[C@H](c2ccccc2)c2ccc3c(c2)OCO3)CC1. The van der Waals surface area contributed by atoms with Crippen molar-refractivity contribution in [2.45, 2.75) is 25.2 Å². The maximum Gasteiger partial charge on any atom is 0.231 e. The van der Waals surface area contributed by atoms with Crippen LogP contribution in [0.25, 0.3) is 0 Å². The third kappa shape index (κ3) is 3.81. The normalized spacial score (nSPS) is 17.4. The number of benzene rings is 2. The van der Waals surface area contributed by atoms with Crippen LogP contribution >= 0.6 is 0 Å². The van der Waals surface area contributed by atoms with E-state index in [0.29, 0.717) is 38.1 Å². The van der Waals surface area contributed by atoms with Gasteiger partial charge in [-0.3, -0.25) is 9.59 Å². The number of nitrogens with two attached hydrogens (primary N) is 1. The summed E-state index contributed by atoms with van der Waals surface area (Å²) in [4.78, 5) is 26.2. The van der Waals surface area contributed by atoms with Crippen LogP contribution in [0.2, 0.25) is 0 Å². The predicted molar refractivity (Wildman–Crippen MR) is 104 cm³/mol. The first-order valence-electron chi connectivity index (χ1n) is 9.63. The van der Waals surface area contributed by atoms with E-state index in [9.17, 15) is 9.59 Å². The van der Waals surface area contributed by atoms with Gasteiger partial charge in [-0.2, -0.15) is 0 Å². The highest BCUT2D eigenvalue weighted by molar-refractivity contribution is 5.79. The molecule has 2 aliphatic heterocycles. The van der Waals surface area contributed by atoms with Crippen LogP contribution in [-0.4, -0.2) is 36.6 Å². The van der Waals surface area contributed by atoms with E-state index in [1.54, 1.807) is 0 Å². The Labute approximate surface area is 164 Å². The summed E-state index contributed by atoms with van der Waals surface area (Å²) in [5.74, 6) is 1.08. The highest BCUT2D eigenvalue weighted by Gasteiger charge is 2.28. The Morgan fingerprint density at radius 2 is 1.71 bits per heavy atom. The van der Waals surface area contributed by atoms with Crippen molar-refractivity contribution in [1.82, 2.24) is 4.90 Å². The van der Waals surface area contributed by atoms with E-state index in [0.717, 1.165) is 16.9 Å². The Bertz CT molecular complexity index is 860. The molecule has 0 saturated carbocycles. The summed E-state index contributed by atoms with van der Waals surface area (Å²) in [7, 11) is 0. The molecule has 2 amide bonds. The van der Waals surface area contributed by atoms with Crippen LogP contribution in [0.15, 0.2) is 48.5 Å². The van der Waals surface area contributed by atoms with E-state index in [2.05, 4.69) is 0 Å². The van der Waals surface area contributed by atoms with Crippen LogP contribution in [0.3, 0.4) is 0 Å². The summed E-state index contributed by atoms with van der Waals surface area (Å²) >= 11 is 0. The van der Waals surface area contributed by atoms with Crippen LogP contribution < -0.4 is 15.2 Å². The van der Waals surface area contributed by atoms with Crippen molar-refractivity contribution in [3.05, 3.63) is 59.7 Å². The average molecular weight is 380 g/mol. The van der Waals surface area contributed by atoms with Crippen molar-refractivity contribution in [3.63, 3.8) is 0 Å². The zero-order valence-corrected chi connectivity index (χ0v) is 15.7. The molecule has 2 aromatic rings. The summed E-state index contributed by atoms with van der Waals surface area (Å²) in [5.41, 5.74) is 7.51. The first-order chi connectivity index (χ1) is 13.6. The second-order valence-electron chi connectivity index (χ2n) is 7.34. The van der Waals surface area contributed by atoms with Gasteiger partial charge in [0.05, 0.1) is 0 Å². The Morgan fingerprint density at radius 1 is 1.00 bits per heavy atom. The number of likely N-dealkylation sites (tertiary alicyclic amines) is 1. The molecule has 1 fully saturated rings. The highest BCUT2D eigenvalue weighted by atomic mass is 16.7. The fourth-order valence-electron chi connectivity index (χ4n) is 3.96. The third-order valence-electron chi connectivity index (χ3n) is 5.63. The van der Waals surface area contributed by atoms with Crippen LogP contribution in [0.4, 0.5) is 0 Å². The lowest BCUT2D eigenvalue weighted by molar-refractivity contribution is -0.135. The van der Waals surface area contributed by atoms with Gasteiger partial charge in [0.25, 0.3) is 0 Å². The van der Waals surface area contributed by atoms with Crippen molar-refractivity contribution in [2.75, 3.05) is 19.9 Å². The van der Waals surface area contributed by atoms with Gasteiger partial charge in [-0.1, -0.05) is 36.4 Å². The molecular weight excluding hydrogens is 356 g/mol. The number of piperidine rings is 1. The number of carbonyl (C=O) groups is 2. The maximum absolute atomic E-state index is 13.0. The number of primary amides is 1. The van der Waals surface area contributed by atoms with Crippen molar-refractivity contribution in [3.8, 4) is 11.5 Å². The monoisotopic (exact) mass is 380 g/mol. The molecule has 2 N–H and O–H groups in total. The molecule has 2 heterocycles. The van der Waals surface area contributed by atoms with E-state index in [4.69, 9.17) is 15.2 Å². The molecule has 6 nitrogen and oxygen atoms in total. The summed E-state index contributed by atoms with van der Waals surface area (Å²) in [6.07, 6.45) is 1.65. The van der Waals surface area contributed by atoms with Gasteiger partial charge in [0.2, 0.25) is 18.6 Å². The summed E-state index contributed by atoms with van der Waals surface area (Å²) in [6, 6.07) is 15.9. The quantitative estimate of drug-likeness (QED) is 0.865. The Balaban J connectivity index is 1.53. The van der Waals surface area contributed by atoms with E-state index >= 15 is 0 Å². The predicted octanol–water partition coefficient (Wildman–Crippen LogP) is 2.66. The molecule has 2 aliphatic rings. The van der Waals surface area contributed by atoms with E-state index in [1.165, 1.54) is 0 Å². The fraction of sp³-hybridized carbons (Fsp3) is 0.364. The van der Waals surface area contributed by atoms with Gasteiger partial charge in [-0.25, -0.2) is 0 Å². The van der Waals surface area contributed by atoms with Crippen LogP contribution in [0.1, 0.15) is 36.3 Å². The van der Waals surface area contributed by atoms with Crippen LogP contribution in [-0.2, 0) is 9.59 Å². The van der Waals surface area contributed by atoms with Crippen LogP contribution in [0.5, 0.6) is 11.5 Å². The molecule has 2 aromatic carbocycles. The van der Waals surface area contributed by atoms with Gasteiger partial charge in [0.15, 0.2) is 11.5 Å². The molecule has 0 bridgehead atoms. The number of hydrogen-bond donors (Lipinski definition) is 1. The molecule has 0 aliphatic carbocycles. The summed E-state index contributed by atoms with van der Waals surface area (Å²) in [6.45, 7) is 1.38. The molecule has 28 heavy (non-hydrogen) atoms. The minimum Gasteiger partial charge on any atom is -0.454 e. The second-order valence-corrected chi connectivity index (χ2v) is 7.34. The Hall–Kier alpha value is -3.02. The standard InChI is InChI=1S/C22H24N2O4/c23-22(26)16-8-10-24(11-9-16)21(25)13-18(15-4-2-1-3-5-15)17-6-7-19-20(12-17)28-14-27-19/h1-7,12,16,18H,8-11,13-14H2,(H2,23,26)/t18-/m1/s1. The van der Waals surface area contributed by atoms with Gasteiger partial charge in [-0.05, 0) is 36.1 Å². The topological polar surface area (TPSA) is 81.9 Å². The molecule has 0 spiro atoms. The maximum atomic E-state index is 13.0. The molecule has 0 aromatic heterocycles. The molecule has 1 atom stereocenters. The van der Waals surface area contributed by atoms with Crippen molar-refractivity contribution in [2.24, 2.45) is 11.7 Å². The number of ether oxygens (including phenoxy) is 2. The largest absolute Gasteiger partial charge is 0.454 e. The van der Waals surface area contributed by atoms with E-state index < -0.39 is 0 Å². The zero-order valence-electron chi connectivity index (χ0n) is 15.7. The fourth-order valence-corrected chi connectivity index (χ4v) is 3.96. The molecule has 146 valence electrons. The number of amides is 2. The summed E-state index contributed by atoms with van der Waals surface area (Å²) in [5, 5.41) is 0. The van der Waals surface area contributed by atoms with Gasteiger partial charge < -0.3 is 20.1 Å². The van der Waals surface area contributed by atoms with Crippen molar-refractivity contribution in [1.29, 1.82) is 0 Å². The number of rotatable bonds is 5. The minimum atomic E-state index is -0.269. The number of hydrogen-bond acceptors (Lipinski definition) is 4. The van der Waals surface area contributed by atoms with Gasteiger partial charge in [0, 0.05) is 31.3 Å². The number of fused-ring (bicyclic) bond motifs is 1. The van der Waals surface area contributed by atoms with E-state index in [1.807, 2.05) is 53.4 Å². The lowest BCUT2D eigenvalue weighted by atomic mass is 9.87. The third-order valence-corrected chi connectivity index (χ3v) is 5.63. The summed E-state index contributed by atoms with van der Waals surface area (Å²) < 4.78 is 10.9. The Morgan fingerprint density at radius 3 is 2.43 bits per heavy atom. The lowest BCUT2D eigenvalue weighted by Crippen LogP contribution is -2.42. The zero-order chi connectivity index (χ0) is 19.5. The molecule has 1 saturated heterocycles. The molecule has 0 radical (unpaired) electrons. The first kappa shape index (κ1) is 18.3. The molecule has 0 unspecified atom stereocenters. The molecular formula is C22H24N2O4. The van der Waals surface area contributed by atoms with Crippen molar-refractivity contribution >= 4 is 11.8 Å². The number of nitrogens with zero attached hydrogens (tertiary/aromatic N) is 1. The molecule has 6 heteroatoms. The molecule has 4 rings (SSSR count). The van der Waals surface area contributed by atoms with Gasteiger partial charge in [0.1, 0.15) is 0 Å². The van der Waals surface area contributed by atoms with Crippen LogP contribution in [0, 0.1) is 5.92 Å². The average Bonchev–Trinajstić information content (AvgIpc) is 3.20. The Kier molecular flexibility index (Phi) is 5.19. The minimum absolute atomic E-state index is 0.0722. The van der Waals surface area contributed by atoms with Gasteiger partial charge >= 0.3 is 0 Å². The smallest absolute Gasteiger partial charge is 0.231 e. The lowest BCUT2D eigenvalue weighted by Gasteiger charge is -2.32. The van der Waals surface area contributed by atoms with Gasteiger partial charge in [-0.15, -0.1) is 0 Å². The highest BCUT2D eigenvalue weighted by Crippen LogP contribution is 2.38. The van der Waals surface area contributed by atoms with Crippen molar-refractivity contribution < 1.29 is 19.1 Å². The first-order valence-corrected chi connectivity index (χ1v) is 9.63. The van der Waals surface area contributed by atoms with E-state index in [-0.39, 0.29) is 30.4 Å². The number of carbonyl (C=O) groups excluding carboxylic acids is 2.